The monoisotopic (exact) mass is 375 g/mol. The van der Waals surface area contributed by atoms with E-state index in [2.05, 4.69) is 54.1 Å². The number of imidazole rings is 1. The lowest BCUT2D eigenvalue weighted by molar-refractivity contribution is 0.0539. The van der Waals surface area contributed by atoms with Crippen LogP contribution in [0.25, 0.3) is 33.4 Å². The second kappa shape index (κ2) is 8.00. The Bertz CT molecular complexity index is 1070. The van der Waals surface area contributed by atoms with E-state index in [9.17, 15) is 5.11 Å². The minimum Gasteiger partial charge on any atom is -0.389 e. The molecular formula is C23H25N3O2. The van der Waals surface area contributed by atoms with E-state index in [-0.39, 0.29) is 6.61 Å². The molecule has 0 saturated heterocycles. The Morgan fingerprint density at radius 1 is 1.04 bits per heavy atom. The summed E-state index contributed by atoms with van der Waals surface area (Å²) in [6, 6.07) is 18.8. The highest BCUT2D eigenvalue weighted by Crippen LogP contribution is 2.33. The Morgan fingerprint density at radius 3 is 2.61 bits per heavy atom. The third-order valence-electron chi connectivity index (χ3n) is 5.04. The maximum absolute atomic E-state index is 10.3. The topological polar surface area (TPSA) is 52.2 Å². The molecule has 1 atom stereocenters. The highest BCUT2D eigenvalue weighted by Gasteiger charge is 2.18. The molecule has 4 rings (SSSR count). The molecule has 0 fully saturated rings. The summed E-state index contributed by atoms with van der Waals surface area (Å²) in [7, 11) is 1.60. The standard InChI is InChI=1S/C23H25N3O2/c1-3-25-12-11-17-9-10-19(13-21(17)25)23-22(18-7-5-4-6-8-18)24-16-26(23)14-20(27)15-28-2/h4-13,16,20,27H,3,14-15H2,1-2H3/t20-/m0/s1. The molecule has 0 saturated carbocycles. The molecule has 2 heterocycles. The number of aryl methyl sites for hydroxylation is 1. The molecule has 2 aromatic carbocycles. The number of methoxy groups -OCH3 is 1. The number of rotatable bonds is 7. The highest BCUT2D eigenvalue weighted by atomic mass is 16.5. The SMILES string of the molecule is CCn1ccc2ccc(-c3c(-c4ccccc4)ncn3C[C@H](O)COC)cc21. The van der Waals surface area contributed by atoms with Gasteiger partial charge in [0.15, 0.2) is 0 Å². The van der Waals surface area contributed by atoms with Gasteiger partial charge in [0.2, 0.25) is 0 Å². The molecule has 5 heteroatoms. The maximum Gasteiger partial charge on any atom is 0.0963 e. The van der Waals surface area contributed by atoms with Crippen LogP contribution in [0, 0.1) is 0 Å². The van der Waals surface area contributed by atoms with E-state index < -0.39 is 6.10 Å². The van der Waals surface area contributed by atoms with Crippen LogP contribution in [0.15, 0.2) is 67.1 Å². The Labute approximate surface area is 164 Å². The number of aliphatic hydroxyl groups excluding tert-OH is 1. The summed E-state index contributed by atoms with van der Waals surface area (Å²) in [5.41, 5.74) is 5.26. The molecule has 144 valence electrons. The average Bonchev–Trinajstić information content (AvgIpc) is 3.32. The molecule has 0 unspecified atom stereocenters. The first-order chi connectivity index (χ1) is 13.7. The summed E-state index contributed by atoms with van der Waals surface area (Å²) < 4.78 is 9.36. The van der Waals surface area contributed by atoms with Crippen molar-refractivity contribution in [2.75, 3.05) is 13.7 Å². The Morgan fingerprint density at radius 2 is 1.86 bits per heavy atom. The molecule has 0 bridgehead atoms. The van der Waals surface area contributed by atoms with Crippen molar-refractivity contribution in [2.24, 2.45) is 0 Å². The van der Waals surface area contributed by atoms with Crippen LogP contribution < -0.4 is 0 Å². The molecule has 5 nitrogen and oxygen atoms in total. The summed E-state index contributed by atoms with van der Waals surface area (Å²) in [5, 5.41) is 11.5. The normalized spacial score (nSPS) is 12.5. The van der Waals surface area contributed by atoms with Crippen molar-refractivity contribution in [1.29, 1.82) is 0 Å². The lowest BCUT2D eigenvalue weighted by Gasteiger charge is -2.15. The summed E-state index contributed by atoms with van der Waals surface area (Å²) in [6.45, 7) is 3.78. The second-order valence-corrected chi connectivity index (χ2v) is 6.94. The van der Waals surface area contributed by atoms with Gasteiger partial charge in [-0.1, -0.05) is 42.5 Å². The van der Waals surface area contributed by atoms with Crippen LogP contribution in [-0.2, 0) is 17.8 Å². The number of fused-ring (bicyclic) bond motifs is 1. The zero-order valence-corrected chi connectivity index (χ0v) is 16.2. The lowest BCUT2D eigenvalue weighted by Crippen LogP contribution is -2.21. The summed E-state index contributed by atoms with van der Waals surface area (Å²) >= 11 is 0. The van der Waals surface area contributed by atoms with E-state index in [0.717, 1.165) is 29.1 Å². The predicted octanol–water partition coefficient (Wildman–Crippen LogP) is 4.20. The van der Waals surface area contributed by atoms with Crippen molar-refractivity contribution in [3.63, 3.8) is 0 Å². The summed E-state index contributed by atoms with van der Waals surface area (Å²) in [5.74, 6) is 0. The van der Waals surface area contributed by atoms with Crippen LogP contribution in [0.3, 0.4) is 0 Å². The molecule has 0 aliphatic carbocycles. The number of hydrogen-bond acceptors (Lipinski definition) is 3. The van der Waals surface area contributed by atoms with Gasteiger partial charge in [0.1, 0.15) is 0 Å². The molecule has 4 aromatic rings. The van der Waals surface area contributed by atoms with E-state index in [4.69, 9.17) is 9.72 Å². The minimum atomic E-state index is -0.593. The molecule has 0 amide bonds. The number of aliphatic hydroxyl groups is 1. The molecule has 1 N–H and O–H groups in total. The maximum atomic E-state index is 10.3. The number of hydrogen-bond donors (Lipinski definition) is 1. The number of benzene rings is 2. The second-order valence-electron chi connectivity index (χ2n) is 6.94. The summed E-state index contributed by atoms with van der Waals surface area (Å²) in [4.78, 5) is 4.69. The molecule has 0 aliphatic rings. The zero-order chi connectivity index (χ0) is 19.5. The smallest absolute Gasteiger partial charge is 0.0963 e. The zero-order valence-electron chi connectivity index (χ0n) is 16.2. The fourth-order valence-electron chi connectivity index (χ4n) is 3.71. The van der Waals surface area contributed by atoms with Crippen molar-refractivity contribution in [2.45, 2.75) is 26.1 Å². The van der Waals surface area contributed by atoms with Gasteiger partial charge in [-0.15, -0.1) is 0 Å². The third kappa shape index (κ3) is 3.46. The molecule has 2 aromatic heterocycles. The first-order valence-corrected chi connectivity index (χ1v) is 9.58. The van der Waals surface area contributed by atoms with Gasteiger partial charge in [-0.05, 0) is 24.4 Å². The molecule has 0 aliphatic heterocycles. The first kappa shape index (κ1) is 18.5. The third-order valence-corrected chi connectivity index (χ3v) is 5.04. The first-order valence-electron chi connectivity index (χ1n) is 9.58. The Balaban J connectivity index is 1.86. The van der Waals surface area contributed by atoms with Gasteiger partial charge in [-0.25, -0.2) is 4.98 Å². The van der Waals surface area contributed by atoms with Gasteiger partial charge in [0, 0.05) is 36.5 Å². The van der Waals surface area contributed by atoms with E-state index in [1.165, 1.54) is 10.9 Å². The van der Waals surface area contributed by atoms with Gasteiger partial charge in [0.05, 0.1) is 37.0 Å². The molecule has 0 spiro atoms. The van der Waals surface area contributed by atoms with Gasteiger partial charge in [-0.2, -0.15) is 0 Å². The van der Waals surface area contributed by atoms with Crippen LogP contribution >= 0.6 is 0 Å². The van der Waals surface area contributed by atoms with Crippen LogP contribution in [0.1, 0.15) is 6.92 Å². The summed E-state index contributed by atoms with van der Waals surface area (Å²) in [6.07, 6.45) is 3.33. The van der Waals surface area contributed by atoms with Crippen LogP contribution in [0.4, 0.5) is 0 Å². The van der Waals surface area contributed by atoms with Crippen LogP contribution in [-0.4, -0.2) is 39.0 Å². The number of ether oxygens (including phenoxy) is 1. The Kier molecular flexibility index (Phi) is 5.28. The fourth-order valence-corrected chi connectivity index (χ4v) is 3.71. The van der Waals surface area contributed by atoms with E-state index in [0.29, 0.717) is 6.54 Å². The number of aromatic nitrogens is 3. The highest BCUT2D eigenvalue weighted by molar-refractivity contribution is 5.88. The molecule has 0 radical (unpaired) electrons. The molecular weight excluding hydrogens is 350 g/mol. The van der Waals surface area contributed by atoms with Crippen molar-refractivity contribution >= 4 is 10.9 Å². The fraction of sp³-hybridized carbons (Fsp3) is 0.261. The van der Waals surface area contributed by atoms with E-state index >= 15 is 0 Å². The largest absolute Gasteiger partial charge is 0.389 e. The van der Waals surface area contributed by atoms with Gasteiger partial charge in [0.25, 0.3) is 0 Å². The van der Waals surface area contributed by atoms with E-state index in [1.807, 2.05) is 22.8 Å². The lowest BCUT2D eigenvalue weighted by atomic mass is 10.0. The van der Waals surface area contributed by atoms with Crippen molar-refractivity contribution in [1.82, 2.24) is 14.1 Å². The van der Waals surface area contributed by atoms with Gasteiger partial charge >= 0.3 is 0 Å². The quantitative estimate of drug-likeness (QED) is 0.527. The van der Waals surface area contributed by atoms with E-state index in [1.54, 1.807) is 13.4 Å². The number of nitrogens with zero attached hydrogens (tertiary/aromatic N) is 3. The average molecular weight is 375 g/mol. The van der Waals surface area contributed by atoms with Crippen molar-refractivity contribution in [3.05, 3.63) is 67.1 Å². The minimum absolute atomic E-state index is 0.288. The Hall–Kier alpha value is -2.89. The molecule has 28 heavy (non-hydrogen) atoms. The van der Waals surface area contributed by atoms with Crippen molar-refractivity contribution in [3.8, 4) is 22.5 Å². The predicted molar refractivity (Wildman–Crippen MR) is 112 cm³/mol. The van der Waals surface area contributed by atoms with Gasteiger partial charge in [-0.3, -0.25) is 0 Å². The van der Waals surface area contributed by atoms with Gasteiger partial charge < -0.3 is 19.0 Å². The van der Waals surface area contributed by atoms with Crippen LogP contribution in [0.5, 0.6) is 0 Å². The van der Waals surface area contributed by atoms with Crippen molar-refractivity contribution < 1.29 is 9.84 Å². The van der Waals surface area contributed by atoms with Crippen LogP contribution in [0.2, 0.25) is 0 Å².